The van der Waals surface area contributed by atoms with Crippen LogP contribution in [0.2, 0.25) is 0 Å². The highest BCUT2D eigenvalue weighted by Gasteiger charge is 2.31. The Bertz CT molecular complexity index is 610. The molecule has 2 atom stereocenters. The molecule has 1 amide bonds. The van der Waals surface area contributed by atoms with Crippen molar-refractivity contribution in [3.05, 3.63) is 28.6 Å². The first-order valence-corrected chi connectivity index (χ1v) is 7.82. The predicted octanol–water partition coefficient (Wildman–Crippen LogP) is 2.67. The quantitative estimate of drug-likeness (QED) is 0.747. The first-order chi connectivity index (χ1) is 10.0. The molecular weight excluding hydrogens is 288 g/mol. The maximum atomic E-state index is 12.0. The molecule has 2 aliphatic heterocycles. The molecule has 0 radical (unpaired) electrons. The average Bonchev–Trinajstić information content (AvgIpc) is 2.96. The van der Waals surface area contributed by atoms with Gasteiger partial charge in [0, 0.05) is 19.2 Å². The van der Waals surface area contributed by atoms with E-state index in [-0.39, 0.29) is 18.1 Å². The van der Waals surface area contributed by atoms with Crippen LogP contribution in [-0.2, 0) is 9.53 Å². The summed E-state index contributed by atoms with van der Waals surface area (Å²) in [5, 5.41) is 0.761. The van der Waals surface area contributed by atoms with Gasteiger partial charge in [0.1, 0.15) is 11.5 Å². The predicted molar refractivity (Wildman–Crippen MR) is 83.0 cm³/mol. The Labute approximate surface area is 128 Å². The molecule has 3 rings (SSSR count). The van der Waals surface area contributed by atoms with Crippen molar-refractivity contribution in [1.29, 1.82) is 0 Å². The lowest BCUT2D eigenvalue weighted by atomic mass is 10.2. The van der Waals surface area contributed by atoms with Crippen molar-refractivity contribution in [2.24, 2.45) is 4.99 Å². The Kier molecular flexibility index (Phi) is 3.91. The highest BCUT2D eigenvalue weighted by molar-refractivity contribution is 8.18. The van der Waals surface area contributed by atoms with Gasteiger partial charge >= 0.3 is 0 Å². The molecule has 1 saturated heterocycles. The minimum absolute atomic E-state index is 0.146. The van der Waals surface area contributed by atoms with Crippen LogP contribution in [0.3, 0.4) is 0 Å². The van der Waals surface area contributed by atoms with E-state index in [2.05, 4.69) is 9.89 Å². The fourth-order valence-corrected chi connectivity index (χ4v) is 3.44. The number of amides is 1. The molecule has 1 fully saturated rings. The van der Waals surface area contributed by atoms with Gasteiger partial charge in [0.2, 0.25) is 0 Å². The number of carbonyl (C=O) groups excluding carboxylic acids is 1. The molecule has 0 aromatic carbocycles. The number of morpholine rings is 1. The van der Waals surface area contributed by atoms with E-state index in [0.717, 1.165) is 24.0 Å². The molecule has 3 heterocycles. The SMILES string of the molecule is Cc1ccc(/C=C2\SC(N3C[C@@H](C)O[C@@H](C)C3)=NC2=O)o1. The third kappa shape index (κ3) is 3.22. The number of carbonyl (C=O) groups is 1. The van der Waals surface area contributed by atoms with Gasteiger partial charge in [-0.05, 0) is 44.7 Å². The topological polar surface area (TPSA) is 55.0 Å². The van der Waals surface area contributed by atoms with Gasteiger partial charge in [0.15, 0.2) is 5.17 Å². The summed E-state index contributed by atoms with van der Waals surface area (Å²) in [5.41, 5.74) is 0. The number of aryl methyl sites for hydroxylation is 1. The van der Waals surface area contributed by atoms with E-state index in [9.17, 15) is 4.79 Å². The van der Waals surface area contributed by atoms with Gasteiger partial charge in [-0.1, -0.05) is 0 Å². The third-order valence-electron chi connectivity index (χ3n) is 3.33. The number of thioether (sulfide) groups is 1. The Hall–Kier alpha value is -1.53. The van der Waals surface area contributed by atoms with Gasteiger partial charge in [-0.2, -0.15) is 4.99 Å². The standard InChI is InChI=1S/C15H18N2O3S/c1-9-4-5-12(20-9)6-13-14(18)16-15(21-13)17-7-10(2)19-11(3)8-17/h4-6,10-11H,7-8H2,1-3H3/b13-6-/t10-,11+. The molecule has 2 aliphatic rings. The highest BCUT2D eigenvalue weighted by atomic mass is 32.2. The van der Waals surface area contributed by atoms with Crippen molar-refractivity contribution in [3.8, 4) is 0 Å². The van der Waals surface area contributed by atoms with E-state index < -0.39 is 0 Å². The van der Waals surface area contributed by atoms with Crippen molar-refractivity contribution in [2.45, 2.75) is 33.0 Å². The van der Waals surface area contributed by atoms with E-state index in [1.807, 2.05) is 32.9 Å². The Morgan fingerprint density at radius 2 is 2.05 bits per heavy atom. The first-order valence-electron chi connectivity index (χ1n) is 7.00. The molecule has 5 nitrogen and oxygen atoms in total. The van der Waals surface area contributed by atoms with Gasteiger partial charge in [0.05, 0.1) is 17.1 Å². The first kappa shape index (κ1) is 14.4. The summed E-state index contributed by atoms with van der Waals surface area (Å²) >= 11 is 1.41. The lowest BCUT2D eigenvalue weighted by Crippen LogP contribution is -2.47. The average molecular weight is 306 g/mol. The van der Waals surface area contributed by atoms with E-state index in [4.69, 9.17) is 9.15 Å². The van der Waals surface area contributed by atoms with Gasteiger partial charge in [-0.15, -0.1) is 0 Å². The van der Waals surface area contributed by atoms with Crippen molar-refractivity contribution < 1.29 is 13.9 Å². The van der Waals surface area contributed by atoms with Crippen LogP contribution in [0.5, 0.6) is 0 Å². The van der Waals surface area contributed by atoms with Crippen molar-refractivity contribution in [2.75, 3.05) is 13.1 Å². The lowest BCUT2D eigenvalue weighted by Gasteiger charge is -2.35. The Balaban J connectivity index is 1.74. The highest BCUT2D eigenvalue weighted by Crippen LogP contribution is 2.31. The molecule has 21 heavy (non-hydrogen) atoms. The van der Waals surface area contributed by atoms with E-state index >= 15 is 0 Å². The zero-order chi connectivity index (χ0) is 15.0. The van der Waals surface area contributed by atoms with Crippen LogP contribution in [0.4, 0.5) is 0 Å². The van der Waals surface area contributed by atoms with Crippen LogP contribution in [0, 0.1) is 6.92 Å². The molecule has 0 bridgehead atoms. The number of furan rings is 1. The number of aliphatic imine (C=N–C) groups is 1. The third-order valence-corrected chi connectivity index (χ3v) is 4.38. The van der Waals surface area contributed by atoms with E-state index in [0.29, 0.717) is 10.7 Å². The fourth-order valence-electron chi connectivity index (χ4n) is 2.53. The molecule has 0 unspecified atom stereocenters. The van der Waals surface area contributed by atoms with E-state index in [1.54, 1.807) is 6.08 Å². The number of hydrogen-bond acceptors (Lipinski definition) is 5. The maximum Gasteiger partial charge on any atom is 0.286 e. The summed E-state index contributed by atoms with van der Waals surface area (Å²) < 4.78 is 11.2. The largest absolute Gasteiger partial charge is 0.462 e. The molecule has 112 valence electrons. The zero-order valence-corrected chi connectivity index (χ0v) is 13.1. The van der Waals surface area contributed by atoms with Crippen molar-refractivity contribution in [1.82, 2.24) is 4.90 Å². The second kappa shape index (κ2) is 5.69. The molecule has 1 aromatic heterocycles. The number of nitrogens with zero attached hydrogens (tertiary/aromatic N) is 2. The monoisotopic (exact) mass is 306 g/mol. The molecule has 6 heteroatoms. The minimum atomic E-state index is -0.198. The van der Waals surface area contributed by atoms with E-state index in [1.165, 1.54) is 11.8 Å². The smallest absolute Gasteiger partial charge is 0.286 e. The molecule has 0 N–H and O–H groups in total. The summed E-state index contributed by atoms with van der Waals surface area (Å²) in [6.45, 7) is 7.47. The summed E-state index contributed by atoms with van der Waals surface area (Å²) in [5.74, 6) is 1.31. The molecule has 0 aliphatic carbocycles. The minimum Gasteiger partial charge on any atom is -0.462 e. The molecule has 1 aromatic rings. The summed E-state index contributed by atoms with van der Waals surface area (Å²) in [6.07, 6.45) is 2.05. The van der Waals surface area contributed by atoms with Crippen molar-refractivity contribution in [3.63, 3.8) is 0 Å². The summed E-state index contributed by atoms with van der Waals surface area (Å²) in [6, 6.07) is 3.73. The molecular formula is C15H18N2O3S. The number of ether oxygens (including phenoxy) is 1. The van der Waals surface area contributed by atoms with Crippen LogP contribution < -0.4 is 0 Å². The normalized spacial score (nSPS) is 28.3. The summed E-state index contributed by atoms with van der Waals surface area (Å²) in [7, 11) is 0. The number of amidine groups is 1. The number of hydrogen-bond donors (Lipinski definition) is 0. The Morgan fingerprint density at radius 3 is 2.67 bits per heavy atom. The van der Waals surface area contributed by atoms with Crippen molar-refractivity contribution >= 4 is 28.9 Å². The van der Waals surface area contributed by atoms with Crippen LogP contribution >= 0.6 is 11.8 Å². The molecule has 0 saturated carbocycles. The van der Waals surface area contributed by atoms with Crippen LogP contribution in [0.25, 0.3) is 6.08 Å². The van der Waals surface area contributed by atoms with Gasteiger partial charge in [0.25, 0.3) is 5.91 Å². The Morgan fingerprint density at radius 1 is 1.33 bits per heavy atom. The van der Waals surface area contributed by atoms with Gasteiger partial charge in [-0.25, -0.2) is 0 Å². The number of rotatable bonds is 1. The zero-order valence-electron chi connectivity index (χ0n) is 12.3. The lowest BCUT2D eigenvalue weighted by molar-refractivity contribution is -0.113. The maximum absolute atomic E-state index is 12.0. The van der Waals surface area contributed by atoms with Gasteiger partial charge < -0.3 is 14.1 Å². The van der Waals surface area contributed by atoms with Gasteiger partial charge in [-0.3, -0.25) is 4.79 Å². The fraction of sp³-hybridized carbons (Fsp3) is 0.467. The van der Waals surface area contributed by atoms with Crippen LogP contribution in [-0.4, -0.2) is 41.3 Å². The second-order valence-corrected chi connectivity index (χ2v) is 6.43. The van der Waals surface area contributed by atoms with Crippen LogP contribution in [0.1, 0.15) is 25.4 Å². The van der Waals surface area contributed by atoms with Crippen LogP contribution in [0.15, 0.2) is 26.4 Å². The molecule has 0 spiro atoms. The second-order valence-electron chi connectivity index (χ2n) is 5.42. The summed E-state index contributed by atoms with van der Waals surface area (Å²) in [4.78, 5) is 18.9.